The van der Waals surface area contributed by atoms with Crippen LogP contribution in [0.25, 0.3) is 11.1 Å². The number of anilines is 2. The van der Waals surface area contributed by atoms with Gasteiger partial charge in [0.05, 0.1) is 0 Å². The van der Waals surface area contributed by atoms with E-state index in [2.05, 4.69) is 15.3 Å². The van der Waals surface area contributed by atoms with Crippen LogP contribution in [0.5, 0.6) is 5.88 Å². The monoisotopic (exact) mass is 555 g/mol. The third-order valence-corrected chi connectivity index (χ3v) is 7.97. The molecule has 0 aliphatic carbocycles. The summed E-state index contributed by atoms with van der Waals surface area (Å²) >= 11 is 0. The highest BCUT2D eigenvalue weighted by Gasteiger charge is 2.45. The predicted octanol–water partition coefficient (Wildman–Crippen LogP) is 5.06. The molecule has 0 unspecified atom stereocenters. The highest BCUT2D eigenvalue weighted by molar-refractivity contribution is 5.74. The molecule has 0 saturated carbocycles. The number of benzene rings is 2. The van der Waals surface area contributed by atoms with Crippen LogP contribution in [-0.4, -0.2) is 52.9 Å². The van der Waals surface area contributed by atoms with E-state index in [1.54, 1.807) is 12.1 Å². The zero-order chi connectivity index (χ0) is 28.7. The number of nitrogens with two attached hydrogens (primary N) is 1. The summed E-state index contributed by atoms with van der Waals surface area (Å²) in [5.74, 6) is -0.933. The van der Waals surface area contributed by atoms with Gasteiger partial charge in [-0.15, -0.1) is 0 Å². The number of nitrogen functional groups attached to an aromatic ring is 1. The number of nitrogens with zero attached hydrogens (tertiary/aromatic N) is 3. The molecule has 2 aliphatic rings. The van der Waals surface area contributed by atoms with E-state index >= 15 is 0 Å². The predicted molar refractivity (Wildman–Crippen MR) is 145 cm³/mol. The molecule has 0 radical (unpaired) electrons. The minimum absolute atomic E-state index is 0.0538. The number of ether oxygens (including phenoxy) is 1. The molecule has 5 rings (SSSR count). The Hall–Kier alpha value is -3.86. The van der Waals surface area contributed by atoms with Crippen molar-refractivity contribution < 1.29 is 27.8 Å². The van der Waals surface area contributed by atoms with E-state index in [9.17, 15) is 23.1 Å². The molecule has 4 N–H and O–H groups in total. The molecular formula is C29H32F3N5O3. The Morgan fingerprint density at radius 1 is 1.12 bits per heavy atom. The first-order valence-electron chi connectivity index (χ1n) is 13.2. The molecule has 2 atom stereocenters. The average molecular weight is 556 g/mol. The van der Waals surface area contributed by atoms with Crippen molar-refractivity contribution in [1.82, 2.24) is 15.3 Å². The van der Waals surface area contributed by atoms with Crippen LogP contribution in [0.4, 0.5) is 24.9 Å². The maximum absolute atomic E-state index is 14.2. The first-order chi connectivity index (χ1) is 18.9. The van der Waals surface area contributed by atoms with Gasteiger partial charge < -0.3 is 25.8 Å². The SMILES string of the molecule is Cc1ccc(C)c(-c2ccc([C@@H](Oc3cc(N4CCC5(CC4)CN[C@H](C(=O)O)C5)nc(N)n3)C(F)(F)F)cc2)c1. The lowest BCUT2D eigenvalue weighted by atomic mass is 9.76. The second kappa shape index (κ2) is 10.6. The van der Waals surface area contributed by atoms with Crippen molar-refractivity contribution >= 4 is 17.7 Å². The molecule has 212 valence electrons. The summed E-state index contributed by atoms with van der Waals surface area (Å²) in [7, 11) is 0. The fourth-order valence-electron chi connectivity index (χ4n) is 5.66. The second-order valence-electron chi connectivity index (χ2n) is 10.9. The Labute approximate surface area is 230 Å². The number of carboxylic acids is 1. The zero-order valence-corrected chi connectivity index (χ0v) is 22.3. The van der Waals surface area contributed by atoms with Crippen LogP contribution in [0.2, 0.25) is 0 Å². The molecule has 3 heterocycles. The van der Waals surface area contributed by atoms with Crippen molar-refractivity contribution in [2.45, 2.75) is 51.4 Å². The van der Waals surface area contributed by atoms with Gasteiger partial charge in [0.25, 0.3) is 0 Å². The topological polar surface area (TPSA) is 114 Å². The van der Waals surface area contributed by atoms with E-state index in [4.69, 9.17) is 10.5 Å². The van der Waals surface area contributed by atoms with Crippen molar-refractivity contribution in [3.8, 4) is 17.0 Å². The van der Waals surface area contributed by atoms with Gasteiger partial charge in [-0.3, -0.25) is 4.79 Å². The van der Waals surface area contributed by atoms with E-state index in [1.807, 2.05) is 36.9 Å². The number of hydrogen-bond donors (Lipinski definition) is 3. The van der Waals surface area contributed by atoms with E-state index in [0.29, 0.717) is 31.9 Å². The van der Waals surface area contributed by atoms with Gasteiger partial charge in [0, 0.05) is 31.3 Å². The molecule has 11 heteroatoms. The largest absolute Gasteiger partial charge is 0.480 e. The fraction of sp³-hybridized carbons (Fsp3) is 0.414. The number of carbonyl (C=O) groups is 1. The summed E-state index contributed by atoms with van der Waals surface area (Å²) in [6, 6.07) is 13.0. The number of hydrogen-bond acceptors (Lipinski definition) is 7. The lowest BCUT2D eigenvalue weighted by molar-refractivity contribution is -0.198. The van der Waals surface area contributed by atoms with E-state index in [1.165, 1.54) is 18.2 Å². The summed E-state index contributed by atoms with van der Waals surface area (Å²) in [5, 5.41) is 12.4. The minimum Gasteiger partial charge on any atom is -0.480 e. The van der Waals surface area contributed by atoms with Gasteiger partial charge in [0.15, 0.2) is 0 Å². The number of aryl methyl sites for hydroxylation is 2. The average Bonchev–Trinajstić information content (AvgIpc) is 3.32. The molecule has 1 aromatic heterocycles. The summed E-state index contributed by atoms with van der Waals surface area (Å²) in [4.78, 5) is 21.5. The lowest BCUT2D eigenvalue weighted by Gasteiger charge is -2.39. The molecule has 3 aromatic rings. The van der Waals surface area contributed by atoms with E-state index in [0.717, 1.165) is 35.1 Å². The number of halogens is 3. The van der Waals surface area contributed by atoms with Crippen molar-refractivity contribution in [2.75, 3.05) is 30.3 Å². The highest BCUT2D eigenvalue weighted by Crippen LogP contribution is 2.41. The number of rotatable bonds is 6. The quantitative estimate of drug-likeness (QED) is 0.387. The van der Waals surface area contributed by atoms with Crippen molar-refractivity contribution in [3.63, 3.8) is 0 Å². The maximum atomic E-state index is 14.2. The Morgan fingerprint density at radius 2 is 1.82 bits per heavy atom. The van der Waals surface area contributed by atoms with Crippen LogP contribution in [0, 0.1) is 19.3 Å². The van der Waals surface area contributed by atoms with Gasteiger partial charge in [0.2, 0.25) is 17.9 Å². The first-order valence-corrected chi connectivity index (χ1v) is 13.2. The Bertz CT molecular complexity index is 1390. The third-order valence-electron chi connectivity index (χ3n) is 7.97. The van der Waals surface area contributed by atoms with Gasteiger partial charge in [-0.2, -0.15) is 23.1 Å². The summed E-state index contributed by atoms with van der Waals surface area (Å²) in [6.45, 7) is 5.67. The second-order valence-corrected chi connectivity index (χ2v) is 10.9. The summed E-state index contributed by atoms with van der Waals surface area (Å²) < 4.78 is 48.0. The number of aromatic nitrogens is 2. The minimum atomic E-state index is -4.70. The van der Waals surface area contributed by atoms with E-state index < -0.39 is 24.3 Å². The molecule has 2 fully saturated rings. The number of aliphatic carboxylic acids is 1. The number of carboxylic acid groups (broad SMARTS) is 1. The fourth-order valence-corrected chi connectivity index (χ4v) is 5.66. The third kappa shape index (κ3) is 5.84. The highest BCUT2D eigenvalue weighted by atomic mass is 19.4. The summed E-state index contributed by atoms with van der Waals surface area (Å²) in [5.41, 5.74) is 9.57. The van der Waals surface area contributed by atoms with Gasteiger partial charge >= 0.3 is 12.1 Å². The van der Waals surface area contributed by atoms with Crippen LogP contribution in [0.1, 0.15) is 42.1 Å². The van der Waals surface area contributed by atoms with E-state index in [-0.39, 0.29) is 22.8 Å². The van der Waals surface area contributed by atoms with Gasteiger partial charge in [-0.1, -0.05) is 48.0 Å². The molecule has 0 amide bonds. The van der Waals surface area contributed by atoms with Gasteiger partial charge in [-0.05, 0) is 55.2 Å². The molecular weight excluding hydrogens is 523 g/mol. The Kier molecular flexibility index (Phi) is 7.34. The molecule has 0 bridgehead atoms. The summed E-state index contributed by atoms with van der Waals surface area (Å²) in [6.07, 6.45) is -4.95. The van der Waals surface area contributed by atoms with Crippen LogP contribution < -0.4 is 20.7 Å². The van der Waals surface area contributed by atoms with Crippen molar-refractivity contribution in [2.24, 2.45) is 5.41 Å². The number of alkyl halides is 3. The number of piperidine rings is 1. The van der Waals surface area contributed by atoms with Crippen molar-refractivity contribution in [3.05, 3.63) is 65.2 Å². The first kappa shape index (κ1) is 27.7. The molecule has 40 heavy (non-hydrogen) atoms. The van der Waals surface area contributed by atoms with Crippen LogP contribution in [0.15, 0.2) is 48.5 Å². The molecule has 1 spiro atoms. The Balaban J connectivity index is 1.33. The number of nitrogens with one attached hydrogen (secondary N) is 1. The van der Waals surface area contributed by atoms with Crippen LogP contribution in [-0.2, 0) is 4.79 Å². The van der Waals surface area contributed by atoms with Crippen molar-refractivity contribution in [1.29, 1.82) is 0 Å². The van der Waals surface area contributed by atoms with Gasteiger partial charge in [-0.25, -0.2) is 0 Å². The smallest absolute Gasteiger partial charge is 0.429 e. The lowest BCUT2D eigenvalue weighted by Crippen LogP contribution is -2.41. The molecule has 2 aromatic carbocycles. The molecule has 2 aliphatic heterocycles. The maximum Gasteiger partial charge on any atom is 0.429 e. The Morgan fingerprint density at radius 3 is 2.45 bits per heavy atom. The van der Waals surface area contributed by atoms with Crippen LogP contribution >= 0.6 is 0 Å². The molecule has 8 nitrogen and oxygen atoms in total. The standard InChI is InChI=1S/C29H32F3N5O3/c1-17-3-4-18(2)21(13-17)19-5-7-20(8-6-19)25(29(30,31)32)40-24-14-23(35-27(33)36-24)37-11-9-28(10-12-37)15-22(26(38)39)34-16-28/h3-8,13-14,22,25,34H,9-12,15-16H2,1-2H3,(H,38,39)(H2,33,35,36)/t22-,25+/m0/s1. The van der Waals surface area contributed by atoms with Crippen LogP contribution in [0.3, 0.4) is 0 Å². The van der Waals surface area contributed by atoms with Gasteiger partial charge in [0.1, 0.15) is 11.9 Å². The normalized spacial score (nSPS) is 19.5. The zero-order valence-electron chi connectivity index (χ0n) is 22.3. The molecule has 2 saturated heterocycles.